The molecule has 0 aliphatic heterocycles. The molecule has 15 heavy (non-hydrogen) atoms. The van der Waals surface area contributed by atoms with E-state index in [0.717, 1.165) is 12.8 Å². The highest BCUT2D eigenvalue weighted by Crippen LogP contribution is 2.07. The number of hydrogen-bond donors (Lipinski definition) is 2. The van der Waals surface area contributed by atoms with E-state index < -0.39 is 5.91 Å². The third-order valence-corrected chi connectivity index (χ3v) is 2.23. The number of carbonyl (C=O) groups excluding carboxylic acids is 1. The van der Waals surface area contributed by atoms with Gasteiger partial charge in [0.25, 0.3) is 0 Å². The van der Waals surface area contributed by atoms with Crippen molar-refractivity contribution in [1.82, 2.24) is 5.32 Å². The molecule has 0 bridgehead atoms. The molecule has 0 amide bonds. The van der Waals surface area contributed by atoms with Gasteiger partial charge in [0.1, 0.15) is 5.78 Å². The molecule has 0 saturated carbocycles. The number of nitrogens with one attached hydrogen (secondary N) is 1. The second-order valence-corrected chi connectivity index (χ2v) is 3.57. The molecule has 0 spiro atoms. The average molecular weight is 217 g/mol. The Morgan fingerprint density at radius 1 is 1.40 bits per heavy atom. The van der Waals surface area contributed by atoms with Crippen LogP contribution in [0.5, 0.6) is 0 Å². The van der Waals surface area contributed by atoms with Crippen LogP contribution < -0.4 is 5.32 Å². The van der Waals surface area contributed by atoms with Gasteiger partial charge in [-0.3, -0.25) is 10.1 Å². The summed E-state index contributed by atoms with van der Waals surface area (Å²) >= 11 is 0. The highest BCUT2D eigenvalue weighted by Gasteiger charge is 2.24. The zero-order chi connectivity index (χ0) is 11.7. The minimum atomic E-state index is -1.35. The highest BCUT2D eigenvalue weighted by molar-refractivity contribution is 5.80. The van der Waals surface area contributed by atoms with Crippen LogP contribution >= 0.6 is 0 Å². The molecule has 0 aromatic heterocycles. The summed E-state index contributed by atoms with van der Waals surface area (Å²) in [5, 5.41) is 12.5. The van der Waals surface area contributed by atoms with E-state index in [1.807, 2.05) is 6.92 Å². The number of unbranched alkanes of at least 4 members (excludes halogenated alkanes) is 1. The lowest BCUT2D eigenvalue weighted by molar-refractivity contribution is -0.223. The average Bonchev–Trinajstić information content (AvgIpc) is 2.24. The maximum Gasteiger partial charge on any atom is 0.224 e. The van der Waals surface area contributed by atoms with E-state index in [1.54, 1.807) is 13.8 Å². The lowest BCUT2D eigenvalue weighted by Gasteiger charge is -2.27. The smallest absolute Gasteiger partial charge is 0.224 e. The maximum absolute atomic E-state index is 11.3. The molecule has 0 heterocycles. The molecule has 0 unspecified atom stereocenters. The van der Waals surface area contributed by atoms with Gasteiger partial charge in [-0.25, -0.2) is 0 Å². The standard InChI is InChI=1S/C11H23NO3/c1-4-7-8-10(13)9-12-11(14,5-2)15-6-3/h12,14H,4-9H2,1-3H3/t11-/m0/s1. The zero-order valence-corrected chi connectivity index (χ0v) is 10.0. The van der Waals surface area contributed by atoms with Gasteiger partial charge in [0.2, 0.25) is 5.91 Å². The van der Waals surface area contributed by atoms with Gasteiger partial charge in [0.15, 0.2) is 0 Å². The number of Topliss-reactive ketones (excluding diaryl/α,β-unsaturated/α-hetero) is 1. The summed E-state index contributed by atoms with van der Waals surface area (Å²) in [5.74, 6) is -1.24. The molecule has 0 aromatic rings. The Morgan fingerprint density at radius 2 is 2.07 bits per heavy atom. The fraction of sp³-hybridized carbons (Fsp3) is 0.909. The minimum absolute atomic E-state index is 0.114. The predicted molar refractivity (Wildman–Crippen MR) is 59.4 cm³/mol. The normalized spacial score (nSPS) is 14.9. The molecular formula is C11H23NO3. The predicted octanol–water partition coefficient (Wildman–Crippen LogP) is 1.43. The van der Waals surface area contributed by atoms with E-state index in [-0.39, 0.29) is 12.3 Å². The molecule has 0 aliphatic rings. The van der Waals surface area contributed by atoms with Crippen molar-refractivity contribution in [3.8, 4) is 0 Å². The van der Waals surface area contributed by atoms with Gasteiger partial charge in [-0.2, -0.15) is 0 Å². The van der Waals surface area contributed by atoms with Crippen LogP contribution in [0.25, 0.3) is 0 Å². The topological polar surface area (TPSA) is 58.6 Å². The number of aliphatic hydroxyl groups is 1. The molecule has 0 aromatic carbocycles. The van der Waals surface area contributed by atoms with E-state index in [2.05, 4.69) is 5.32 Å². The lowest BCUT2D eigenvalue weighted by Crippen LogP contribution is -2.49. The molecule has 0 saturated heterocycles. The van der Waals surface area contributed by atoms with Crippen molar-refractivity contribution in [2.24, 2.45) is 0 Å². The number of carbonyl (C=O) groups is 1. The van der Waals surface area contributed by atoms with E-state index in [4.69, 9.17) is 4.74 Å². The molecular weight excluding hydrogens is 194 g/mol. The monoisotopic (exact) mass is 217 g/mol. The van der Waals surface area contributed by atoms with Crippen molar-refractivity contribution in [3.63, 3.8) is 0 Å². The van der Waals surface area contributed by atoms with E-state index in [1.165, 1.54) is 0 Å². The van der Waals surface area contributed by atoms with Crippen LogP contribution in [0.3, 0.4) is 0 Å². The summed E-state index contributed by atoms with van der Waals surface area (Å²) in [5.41, 5.74) is 0. The zero-order valence-electron chi connectivity index (χ0n) is 10.0. The van der Waals surface area contributed by atoms with Gasteiger partial charge >= 0.3 is 0 Å². The Labute approximate surface area is 92.0 Å². The van der Waals surface area contributed by atoms with Crippen LogP contribution in [-0.2, 0) is 9.53 Å². The second kappa shape index (κ2) is 7.79. The van der Waals surface area contributed by atoms with Crippen molar-refractivity contribution in [2.45, 2.75) is 52.4 Å². The molecule has 0 rings (SSSR count). The lowest BCUT2D eigenvalue weighted by atomic mass is 10.2. The van der Waals surface area contributed by atoms with Gasteiger partial charge in [0, 0.05) is 19.4 Å². The van der Waals surface area contributed by atoms with Crippen LogP contribution in [0.15, 0.2) is 0 Å². The number of rotatable bonds is 9. The van der Waals surface area contributed by atoms with Crippen LogP contribution in [0.1, 0.15) is 46.5 Å². The quantitative estimate of drug-likeness (QED) is 0.574. The first-order valence-electron chi connectivity index (χ1n) is 5.71. The Morgan fingerprint density at radius 3 is 2.53 bits per heavy atom. The van der Waals surface area contributed by atoms with E-state index in [0.29, 0.717) is 19.4 Å². The molecule has 0 radical (unpaired) electrons. The Hall–Kier alpha value is -0.450. The van der Waals surface area contributed by atoms with Gasteiger partial charge < -0.3 is 9.84 Å². The van der Waals surface area contributed by atoms with Crippen molar-refractivity contribution < 1.29 is 14.6 Å². The Balaban J connectivity index is 3.84. The molecule has 1 atom stereocenters. The Bertz CT molecular complexity index is 185. The first-order valence-corrected chi connectivity index (χ1v) is 5.71. The summed E-state index contributed by atoms with van der Waals surface area (Å²) in [6, 6.07) is 0. The van der Waals surface area contributed by atoms with Crippen LogP contribution in [-0.4, -0.2) is 30.0 Å². The summed E-state index contributed by atoms with van der Waals surface area (Å²) < 4.78 is 5.13. The third-order valence-electron chi connectivity index (χ3n) is 2.23. The molecule has 90 valence electrons. The molecule has 2 N–H and O–H groups in total. The maximum atomic E-state index is 11.3. The van der Waals surface area contributed by atoms with Crippen LogP contribution in [0, 0.1) is 0 Å². The van der Waals surface area contributed by atoms with Gasteiger partial charge in [-0.15, -0.1) is 0 Å². The molecule has 4 nitrogen and oxygen atoms in total. The van der Waals surface area contributed by atoms with Gasteiger partial charge in [-0.05, 0) is 13.3 Å². The summed E-state index contributed by atoms with van der Waals surface area (Å²) in [4.78, 5) is 11.3. The fourth-order valence-electron chi connectivity index (χ4n) is 1.22. The Kier molecular flexibility index (Phi) is 7.56. The van der Waals surface area contributed by atoms with Crippen molar-refractivity contribution >= 4 is 5.78 Å². The summed E-state index contributed by atoms with van der Waals surface area (Å²) in [6.45, 7) is 6.24. The second-order valence-electron chi connectivity index (χ2n) is 3.57. The van der Waals surface area contributed by atoms with Gasteiger partial charge in [-0.1, -0.05) is 20.3 Å². The van der Waals surface area contributed by atoms with E-state index in [9.17, 15) is 9.90 Å². The minimum Gasteiger partial charge on any atom is -0.353 e. The highest BCUT2D eigenvalue weighted by atomic mass is 16.6. The van der Waals surface area contributed by atoms with Crippen molar-refractivity contribution in [2.75, 3.05) is 13.2 Å². The SMILES string of the molecule is CCCCC(=O)CN[C@](O)(CC)OCC. The fourth-order valence-corrected chi connectivity index (χ4v) is 1.22. The summed E-state index contributed by atoms with van der Waals surface area (Å²) in [7, 11) is 0. The number of ketones is 1. The molecule has 0 aliphatic carbocycles. The third kappa shape index (κ3) is 6.60. The first-order chi connectivity index (χ1) is 7.08. The van der Waals surface area contributed by atoms with Crippen LogP contribution in [0.2, 0.25) is 0 Å². The largest absolute Gasteiger partial charge is 0.353 e. The van der Waals surface area contributed by atoms with Crippen molar-refractivity contribution in [3.05, 3.63) is 0 Å². The summed E-state index contributed by atoms with van der Waals surface area (Å²) in [6.07, 6.45) is 2.90. The van der Waals surface area contributed by atoms with Crippen LogP contribution in [0.4, 0.5) is 0 Å². The first kappa shape index (κ1) is 14.6. The number of ether oxygens (including phenoxy) is 1. The van der Waals surface area contributed by atoms with Crippen molar-refractivity contribution in [1.29, 1.82) is 0 Å². The molecule has 4 heteroatoms. The van der Waals surface area contributed by atoms with E-state index >= 15 is 0 Å². The number of hydrogen-bond acceptors (Lipinski definition) is 4. The molecule has 0 fully saturated rings. The van der Waals surface area contributed by atoms with Gasteiger partial charge in [0.05, 0.1) is 6.54 Å².